The molecule has 1 amide bonds. The van der Waals surface area contributed by atoms with Crippen LogP contribution < -0.4 is 15.6 Å². The van der Waals surface area contributed by atoms with Crippen LogP contribution in [0.4, 0.5) is 5.69 Å². The highest BCUT2D eigenvalue weighted by Gasteiger charge is 2.21. The van der Waals surface area contributed by atoms with Crippen molar-refractivity contribution in [2.24, 2.45) is 7.05 Å². The predicted octanol–water partition coefficient (Wildman–Crippen LogP) is 3.09. The number of hydrogen-bond acceptors (Lipinski definition) is 6. The van der Waals surface area contributed by atoms with E-state index in [9.17, 15) is 9.59 Å². The monoisotopic (exact) mass is 384 g/mol. The molecule has 0 aliphatic carbocycles. The summed E-state index contributed by atoms with van der Waals surface area (Å²) in [6, 6.07) is 7.12. The molecule has 0 fully saturated rings. The zero-order chi connectivity index (χ0) is 19.7. The molecule has 0 saturated carbocycles. The van der Waals surface area contributed by atoms with Crippen LogP contribution in [0.5, 0.6) is 5.75 Å². The number of carbonyl (C=O) groups excluding carboxylic acids is 1. The van der Waals surface area contributed by atoms with Crippen molar-refractivity contribution < 1.29 is 9.53 Å². The first-order chi connectivity index (χ1) is 12.8. The van der Waals surface area contributed by atoms with Crippen molar-refractivity contribution in [3.8, 4) is 16.3 Å². The molecule has 140 valence electrons. The second-order valence-corrected chi connectivity index (χ2v) is 7.13. The number of nitrogens with zero attached hydrogens (tertiary/aromatic N) is 3. The minimum absolute atomic E-state index is 0.230. The van der Waals surface area contributed by atoms with Crippen molar-refractivity contribution in [3.63, 3.8) is 0 Å². The fraction of sp³-hybridized carbons (Fsp3) is 0.263. The molecule has 0 spiro atoms. The van der Waals surface area contributed by atoms with E-state index in [2.05, 4.69) is 15.4 Å². The first-order valence-corrected chi connectivity index (χ1v) is 9.11. The van der Waals surface area contributed by atoms with Crippen LogP contribution in [0.3, 0.4) is 0 Å². The summed E-state index contributed by atoms with van der Waals surface area (Å²) in [4.78, 5) is 30.2. The zero-order valence-corrected chi connectivity index (χ0v) is 16.6. The number of nitrogens with one attached hydrogen (secondary N) is 1. The van der Waals surface area contributed by atoms with Gasteiger partial charge in [-0.25, -0.2) is 9.67 Å². The smallest absolute Gasteiger partial charge is 0.277 e. The van der Waals surface area contributed by atoms with Gasteiger partial charge in [0.15, 0.2) is 0 Å². The lowest BCUT2D eigenvalue weighted by Gasteiger charge is -2.07. The zero-order valence-electron chi connectivity index (χ0n) is 15.8. The number of amides is 1. The van der Waals surface area contributed by atoms with E-state index in [1.54, 1.807) is 45.3 Å². The number of rotatable bonds is 4. The van der Waals surface area contributed by atoms with Gasteiger partial charge in [0.2, 0.25) is 0 Å². The van der Waals surface area contributed by atoms with E-state index in [0.29, 0.717) is 32.6 Å². The number of aryl methyl sites for hydroxylation is 3. The molecule has 2 aromatic heterocycles. The number of benzene rings is 1. The minimum Gasteiger partial charge on any atom is -0.497 e. The van der Waals surface area contributed by atoms with E-state index >= 15 is 0 Å². The van der Waals surface area contributed by atoms with Crippen LogP contribution in [0, 0.1) is 20.8 Å². The third-order valence-corrected chi connectivity index (χ3v) is 5.44. The molecule has 2 heterocycles. The van der Waals surface area contributed by atoms with Gasteiger partial charge in [0.25, 0.3) is 11.5 Å². The summed E-state index contributed by atoms with van der Waals surface area (Å²) in [5.41, 5.74) is 2.98. The largest absolute Gasteiger partial charge is 0.497 e. The Morgan fingerprint density at radius 1 is 1.22 bits per heavy atom. The number of methoxy groups -OCH3 is 1. The molecule has 0 aliphatic rings. The number of aromatic nitrogens is 3. The average molecular weight is 384 g/mol. The van der Waals surface area contributed by atoms with E-state index in [4.69, 9.17) is 4.74 Å². The summed E-state index contributed by atoms with van der Waals surface area (Å²) < 4.78 is 6.47. The number of carbonyl (C=O) groups is 1. The summed E-state index contributed by atoms with van der Waals surface area (Å²) in [5.74, 6) is 0.380. The Hall–Kier alpha value is -3.00. The second kappa shape index (κ2) is 7.32. The molecule has 1 aromatic carbocycles. The lowest BCUT2D eigenvalue weighted by atomic mass is 10.1. The van der Waals surface area contributed by atoms with Gasteiger partial charge in [0.1, 0.15) is 15.6 Å². The van der Waals surface area contributed by atoms with Gasteiger partial charge in [0.05, 0.1) is 24.1 Å². The highest BCUT2D eigenvalue weighted by Crippen LogP contribution is 2.29. The maximum absolute atomic E-state index is 12.7. The van der Waals surface area contributed by atoms with Crippen molar-refractivity contribution in [1.29, 1.82) is 0 Å². The Labute approximate surface area is 160 Å². The Morgan fingerprint density at radius 3 is 2.67 bits per heavy atom. The topological polar surface area (TPSA) is 86.1 Å². The minimum atomic E-state index is -0.273. The summed E-state index contributed by atoms with van der Waals surface area (Å²) in [6.07, 6.45) is 0. The third kappa shape index (κ3) is 3.61. The van der Waals surface area contributed by atoms with Crippen LogP contribution in [0.15, 0.2) is 29.1 Å². The predicted molar refractivity (Wildman–Crippen MR) is 106 cm³/mol. The second-order valence-electron chi connectivity index (χ2n) is 6.13. The lowest BCUT2D eigenvalue weighted by Crippen LogP contribution is -2.23. The fourth-order valence-electron chi connectivity index (χ4n) is 2.70. The van der Waals surface area contributed by atoms with E-state index in [1.807, 2.05) is 13.8 Å². The molecule has 0 saturated heterocycles. The summed E-state index contributed by atoms with van der Waals surface area (Å²) in [7, 11) is 3.18. The van der Waals surface area contributed by atoms with E-state index in [1.165, 1.54) is 16.0 Å². The van der Waals surface area contributed by atoms with Crippen LogP contribution >= 0.6 is 11.3 Å². The standard InChI is InChI=1S/C19H20N4O3S/c1-10-11(2)22-23(4)19(25)15(10)18-20-12(3)16(27-18)17(24)21-13-7-6-8-14(9-13)26-5/h6-9H,1-5H3,(H,21,24). The summed E-state index contributed by atoms with van der Waals surface area (Å²) >= 11 is 1.20. The van der Waals surface area contributed by atoms with Crippen LogP contribution in [0.25, 0.3) is 10.6 Å². The highest BCUT2D eigenvalue weighted by molar-refractivity contribution is 7.17. The molecule has 7 nitrogen and oxygen atoms in total. The van der Waals surface area contributed by atoms with Gasteiger partial charge in [-0.1, -0.05) is 6.07 Å². The first-order valence-electron chi connectivity index (χ1n) is 8.29. The van der Waals surface area contributed by atoms with Gasteiger partial charge in [-0.05, 0) is 38.5 Å². The quantitative estimate of drug-likeness (QED) is 0.747. The van der Waals surface area contributed by atoms with Crippen LogP contribution in [0.2, 0.25) is 0 Å². The number of ether oxygens (including phenoxy) is 1. The van der Waals surface area contributed by atoms with E-state index in [-0.39, 0.29) is 11.5 Å². The van der Waals surface area contributed by atoms with E-state index in [0.717, 1.165) is 11.3 Å². The molecular formula is C19H20N4O3S. The molecule has 3 aromatic rings. The molecule has 3 rings (SSSR count). The summed E-state index contributed by atoms with van der Waals surface area (Å²) in [5, 5.41) is 7.55. The SMILES string of the molecule is COc1cccc(NC(=O)c2sc(-c3c(C)c(C)nn(C)c3=O)nc2C)c1. The Morgan fingerprint density at radius 2 is 1.96 bits per heavy atom. The number of hydrogen-bond donors (Lipinski definition) is 1. The van der Waals surface area contributed by atoms with Crippen molar-refractivity contribution in [1.82, 2.24) is 14.8 Å². The lowest BCUT2D eigenvalue weighted by molar-refractivity contribution is 0.103. The molecule has 1 N–H and O–H groups in total. The number of thiazole rings is 1. The van der Waals surface area contributed by atoms with Crippen LogP contribution in [-0.2, 0) is 7.05 Å². The fourth-order valence-corrected chi connectivity index (χ4v) is 3.76. The van der Waals surface area contributed by atoms with Crippen LogP contribution in [0.1, 0.15) is 26.6 Å². The Bertz CT molecular complexity index is 1090. The van der Waals surface area contributed by atoms with Crippen molar-refractivity contribution in [2.45, 2.75) is 20.8 Å². The van der Waals surface area contributed by atoms with Gasteiger partial charge in [-0.2, -0.15) is 5.10 Å². The van der Waals surface area contributed by atoms with Crippen LogP contribution in [-0.4, -0.2) is 27.8 Å². The molecule has 27 heavy (non-hydrogen) atoms. The summed E-state index contributed by atoms with van der Waals surface area (Å²) in [6.45, 7) is 5.44. The average Bonchev–Trinajstić information content (AvgIpc) is 3.02. The first kappa shape index (κ1) is 18.8. The molecule has 0 bridgehead atoms. The van der Waals surface area contributed by atoms with Crippen molar-refractivity contribution in [2.75, 3.05) is 12.4 Å². The van der Waals surface area contributed by atoms with Gasteiger partial charge in [0, 0.05) is 18.8 Å². The molecule has 0 radical (unpaired) electrons. The third-order valence-electron chi connectivity index (χ3n) is 4.27. The van der Waals surface area contributed by atoms with Gasteiger partial charge in [-0.3, -0.25) is 9.59 Å². The van der Waals surface area contributed by atoms with Gasteiger partial charge >= 0.3 is 0 Å². The molecule has 8 heteroatoms. The molecule has 0 aliphatic heterocycles. The highest BCUT2D eigenvalue weighted by atomic mass is 32.1. The number of anilines is 1. The molecule has 0 atom stereocenters. The van der Waals surface area contributed by atoms with Crippen molar-refractivity contribution >= 4 is 22.9 Å². The maximum atomic E-state index is 12.7. The normalized spacial score (nSPS) is 10.7. The van der Waals surface area contributed by atoms with Gasteiger partial charge in [-0.15, -0.1) is 11.3 Å². The Kier molecular flexibility index (Phi) is 5.09. The maximum Gasteiger partial charge on any atom is 0.277 e. The molecule has 0 unspecified atom stereocenters. The van der Waals surface area contributed by atoms with Gasteiger partial charge < -0.3 is 10.1 Å². The van der Waals surface area contributed by atoms with Crippen molar-refractivity contribution in [3.05, 3.63) is 56.4 Å². The Balaban J connectivity index is 1.98. The van der Waals surface area contributed by atoms with E-state index < -0.39 is 0 Å². The molecular weight excluding hydrogens is 364 g/mol.